The summed E-state index contributed by atoms with van der Waals surface area (Å²) < 4.78 is 0. The third-order valence-corrected chi connectivity index (χ3v) is 3.52. The number of rotatable bonds is 4. The third-order valence-electron chi connectivity index (χ3n) is 2.71. The van der Waals surface area contributed by atoms with Crippen LogP contribution in [0.3, 0.4) is 0 Å². The largest absolute Gasteiger partial charge is 0.333 e. The van der Waals surface area contributed by atoms with E-state index < -0.39 is 4.92 Å². The van der Waals surface area contributed by atoms with Crippen molar-refractivity contribution in [3.8, 4) is 0 Å². The minimum Gasteiger partial charge on any atom is -0.333 e. The van der Waals surface area contributed by atoms with Gasteiger partial charge in [0.15, 0.2) is 5.16 Å². The summed E-state index contributed by atoms with van der Waals surface area (Å²) in [6.07, 6.45) is 0. The van der Waals surface area contributed by atoms with Crippen molar-refractivity contribution in [3.05, 3.63) is 46.5 Å². The molecule has 0 radical (unpaired) electrons. The summed E-state index contributed by atoms with van der Waals surface area (Å²) in [6, 6.07) is 10.2. The van der Waals surface area contributed by atoms with E-state index in [1.165, 1.54) is 23.9 Å². The molecule has 0 bridgehead atoms. The number of benzene rings is 1. The fourth-order valence-electron chi connectivity index (χ4n) is 1.80. The molecule has 0 amide bonds. The van der Waals surface area contributed by atoms with Gasteiger partial charge in [-0.05, 0) is 23.9 Å². The number of anilines is 1. The van der Waals surface area contributed by atoms with Gasteiger partial charge in [0.05, 0.1) is 22.0 Å². The maximum absolute atomic E-state index is 10.9. The van der Waals surface area contributed by atoms with Gasteiger partial charge in [-0.25, -0.2) is 15.8 Å². The van der Waals surface area contributed by atoms with E-state index in [4.69, 9.17) is 5.84 Å². The first-order chi connectivity index (χ1) is 10.2. The molecule has 0 spiro atoms. The van der Waals surface area contributed by atoms with Gasteiger partial charge >= 0.3 is 0 Å². The van der Waals surface area contributed by atoms with Crippen molar-refractivity contribution in [1.82, 2.24) is 15.0 Å². The summed E-state index contributed by atoms with van der Waals surface area (Å²) >= 11 is 1.20. The number of para-hydroxylation sites is 2. The normalized spacial score (nSPS) is 10.7. The van der Waals surface area contributed by atoms with Crippen molar-refractivity contribution >= 4 is 34.3 Å². The van der Waals surface area contributed by atoms with Crippen molar-refractivity contribution in [2.45, 2.75) is 10.2 Å². The van der Waals surface area contributed by atoms with Crippen LogP contribution in [0.2, 0.25) is 0 Å². The lowest BCUT2D eigenvalue weighted by molar-refractivity contribution is -0.385. The zero-order chi connectivity index (χ0) is 14.8. The van der Waals surface area contributed by atoms with Crippen LogP contribution in [-0.2, 0) is 0 Å². The van der Waals surface area contributed by atoms with Crippen molar-refractivity contribution in [1.29, 1.82) is 0 Å². The molecule has 0 unspecified atom stereocenters. The Hall–Kier alpha value is -2.65. The van der Waals surface area contributed by atoms with Crippen LogP contribution in [0.1, 0.15) is 0 Å². The second-order valence-corrected chi connectivity index (χ2v) is 5.12. The van der Waals surface area contributed by atoms with E-state index in [9.17, 15) is 10.1 Å². The fourth-order valence-corrected chi connectivity index (χ4v) is 2.63. The number of nitrogens with two attached hydrogens (primary N) is 1. The van der Waals surface area contributed by atoms with Gasteiger partial charge in [-0.1, -0.05) is 12.1 Å². The number of hydrazine groups is 1. The molecule has 9 heteroatoms. The number of nitrogens with zero attached hydrogens (tertiary/aromatic N) is 3. The molecular weight excluding hydrogens is 292 g/mol. The van der Waals surface area contributed by atoms with Crippen LogP contribution < -0.4 is 11.3 Å². The zero-order valence-corrected chi connectivity index (χ0v) is 11.4. The minimum absolute atomic E-state index is 0.0865. The predicted octanol–water partition coefficient (Wildman–Crippen LogP) is 2.30. The summed E-state index contributed by atoms with van der Waals surface area (Å²) in [5.74, 6) is 5.50. The molecule has 0 aliphatic heterocycles. The van der Waals surface area contributed by atoms with Gasteiger partial charge in [0, 0.05) is 6.07 Å². The molecule has 106 valence electrons. The monoisotopic (exact) mass is 302 g/mol. The second kappa shape index (κ2) is 5.38. The Balaban J connectivity index is 1.96. The van der Waals surface area contributed by atoms with E-state index in [-0.39, 0.29) is 11.5 Å². The molecule has 8 nitrogen and oxygen atoms in total. The van der Waals surface area contributed by atoms with Crippen LogP contribution >= 0.6 is 11.8 Å². The summed E-state index contributed by atoms with van der Waals surface area (Å²) in [4.78, 5) is 22.1. The Morgan fingerprint density at radius 1 is 1.29 bits per heavy atom. The highest BCUT2D eigenvalue weighted by molar-refractivity contribution is 7.99. The van der Waals surface area contributed by atoms with E-state index in [0.29, 0.717) is 10.2 Å². The lowest BCUT2D eigenvalue weighted by atomic mass is 10.3. The molecule has 0 fully saturated rings. The predicted molar refractivity (Wildman–Crippen MR) is 78.9 cm³/mol. The number of nitro groups is 1. The maximum Gasteiger partial charge on any atom is 0.275 e. The molecule has 1 aromatic carbocycles. The molecule has 0 aliphatic carbocycles. The quantitative estimate of drug-likeness (QED) is 0.384. The van der Waals surface area contributed by atoms with Gasteiger partial charge in [0.25, 0.3) is 5.69 Å². The Morgan fingerprint density at radius 3 is 2.81 bits per heavy atom. The Labute approximate surface area is 122 Å². The van der Waals surface area contributed by atoms with Crippen molar-refractivity contribution < 1.29 is 4.92 Å². The van der Waals surface area contributed by atoms with Crippen molar-refractivity contribution in [3.63, 3.8) is 0 Å². The van der Waals surface area contributed by atoms with Crippen molar-refractivity contribution in [2.24, 2.45) is 5.84 Å². The standard InChI is InChI=1S/C12H10N6O2S/c13-17-10-5-7(18(19)20)6-11(16-10)21-12-14-8-3-1-2-4-9(8)15-12/h1-6H,13H2,(H,14,15)(H,16,17). The molecule has 21 heavy (non-hydrogen) atoms. The van der Waals surface area contributed by atoms with E-state index in [2.05, 4.69) is 20.4 Å². The number of hydrogen-bond acceptors (Lipinski definition) is 7. The van der Waals surface area contributed by atoms with Gasteiger partial charge < -0.3 is 10.4 Å². The van der Waals surface area contributed by atoms with Gasteiger partial charge in [-0.3, -0.25) is 10.1 Å². The molecule has 2 aromatic heterocycles. The number of fused-ring (bicyclic) bond motifs is 1. The smallest absolute Gasteiger partial charge is 0.275 e. The average molecular weight is 302 g/mol. The average Bonchev–Trinajstić information content (AvgIpc) is 2.88. The van der Waals surface area contributed by atoms with E-state index in [1.54, 1.807) is 0 Å². The van der Waals surface area contributed by atoms with Crippen LogP contribution in [0, 0.1) is 10.1 Å². The number of hydrogen-bond donors (Lipinski definition) is 3. The molecule has 0 saturated carbocycles. The SMILES string of the molecule is NNc1cc([N+](=O)[O-])cc(Sc2nc3ccccc3[nH]2)n1. The van der Waals surface area contributed by atoms with Gasteiger partial charge in [-0.2, -0.15) is 0 Å². The third kappa shape index (κ3) is 2.78. The first-order valence-electron chi connectivity index (χ1n) is 5.91. The number of imidazole rings is 1. The Morgan fingerprint density at radius 2 is 2.10 bits per heavy atom. The number of nitrogen functional groups attached to an aromatic ring is 1. The summed E-state index contributed by atoms with van der Waals surface area (Å²) in [7, 11) is 0. The molecule has 4 N–H and O–H groups in total. The van der Waals surface area contributed by atoms with E-state index in [0.717, 1.165) is 11.0 Å². The van der Waals surface area contributed by atoms with Gasteiger partial charge in [0.2, 0.25) is 0 Å². The highest BCUT2D eigenvalue weighted by Crippen LogP contribution is 2.29. The summed E-state index contributed by atoms with van der Waals surface area (Å²) in [5, 5.41) is 11.9. The number of pyridine rings is 1. The Bertz CT molecular complexity index is 785. The number of aromatic amines is 1. The summed E-state index contributed by atoms with van der Waals surface area (Å²) in [6.45, 7) is 0. The van der Waals surface area contributed by atoms with Crippen LogP contribution in [0.5, 0.6) is 0 Å². The van der Waals surface area contributed by atoms with Crippen LogP contribution in [0.4, 0.5) is 11.5 Å². The van der Waals surface area contributed by atoms with E-state index >= 15 is 0 Å². The van der Waals surface area contributed by atoms with Gasteiger partial charge in [0.1, 0.15) is 10.8 Å². The van der Waals surface area contributed by atoms with Crippen LogP contribution in [0.25, 0.3) is 11.0 Å². The number of H-pyrrole nitrogens is 1. The van der Waals surface area contributed by atoms with Crippen molar-refractivity contribution in [2.75, 3.05) is 5.43 Å². The summed E-state index contributed by atoms with van der Waals surface area (Å²) in [5.41, 5.74) is 3.94. The van der Waals surface area contributed by atoms with E-state index in [1.807, 2.05) is 24.3 Å². The highest BCUT2D eigenvalue weighted by Gasteiger charge is 2.13. The lowest BCUT2D eigenvalue weighted by Crippen LogP contribution is -2.09. The molecule has 3 rings (SSSR count). The van der Waals surface area contributed by atoms with Crippen LogP contribution in [-0.4, -0.2) is 19.9 Å². The number of nitrogens with one attached hydrogen (secondary N) is 2. The minimum atomic E-state index is -0.495. The topological polar surface area (TPSA) is 123 Å². The van der Waals surface area contributed by atoms with Gasteiger partial charge in [-0.15, -0.1) is 0 Å². The molecule has 2 heterocycles. The Kier molecular flexibility index (Phi) is 3.42. The molecule has 0 atom stereocenters. The zero-order valence-electron chi connectivity index (χ0n) is 10.6. The molecule has 0 aliphatic rings. The lowest BCUT2D eigenvalue weighted by Gasteiger charge is -2.02. The first-order valence-corrected chi connectivity index (χ1v) is 6.73. The maximum atomic E-state index is 10.9. The molecule has 3 aromatic rings. The fraction of sp³-hybridized carbons (Fsp3) is 0. The first kappa shape index (κ1) is 13.3. The molecular formula is C12H10N6O2S. The highest BCUT2D eigenvalue weighted by atomic mass is 32.2. The second-order valence-electron chi connectivity index (χ2n) is 4.11. The van der Waals surface area contributed by atoms with Crippen LogP contribution in [0.15, 0.2) is 46.6 Å². The molecule has 0 saturated heterocycles. The number of aromatic nitrogens is 3.